The maximum atomic E-state index is 14.0. The first-order valence-corrected chi connectivity index (χ1v) is 6.29. The summed E-state index contributed by atoms with van der Waals surface area (Å²) in [6.45, 7) is 6.50. The highest BCUT2D eigenvalue weighted by atomic mass is 19.1. The number of hydrogen-bond acceptors (Lipinski definition) is 1. The normalized spacial score (nSPS) is 12.8. The Labute approximate surface area is 102 Å². The molecule has 0 heterocycles. The number of halogens is 2. The Morgan fingerprint density at radius 3 is 2.47 bits per heavy atom. The smallest absolute Gasteiger partial charge is 0.133 e. The molecule has 96 valence electrons. The summed E-state index contributed by atoms with van der Waals surface area (Å²) < 4.78 is 27.7. The molecule has 3 heteroatoms. The standard InChI is InChI=1S/C14H21F2N/c1-4-6-12(17-9-5-2)13-11(15)8-7-10(3)14(13)16/h7-8,12,17H,4-6,9H2,1-3H3. The maximum absolute atomic E-state index is 14.0. The lowest BCUT2D eigenvalue weighted by molar-refractivity contribution is 0.441. The van der Waals surface area contributed by atoms with Crippen LogP contribution in [-0.2, 0) is 0 Å². The summed E-state index contributed by atoms with van der Waals surface area (Å²) in [7, 11) is 0. The minimum atomic E-state index is -0.449. The number of benzene rings is 1. The zero-order chi connectivity index (χ0) is 12.8. The van der Waals surface area contributed by atoms with Gasteiger partial charge in [-0.1, -0.05) is 26.3 Å². The van der Waals surface area contributed by atoms with E-state index < -0.39 is 11.6 Å². The van der Waals surface area contributed by atoms with Gasteiger partial charge in [-0.05, 0) is 37.9 Å². The van der Waals surface area contributed by atoms with Crippen molar-refractivity contribution in [3.8, 4) is 0 Å². The Bertz CT molecular complexity index is 363. The zero-order valence-corrected chi connectivity index (χ0v) is 10.8. The van der Waals surface area contributed by atoms with Crippen LogP contribution in [0.5, 0.6) is 0 Å². The molecule has 1 aromatic rings. The average Bonchev–Trinajstić information content (AvgIpc) is 2.31. The molecule has 1 unspecified atom stereocenters. The highest BCUT2D eigenvalue weighted by Gasteiger charge is 2.20. The predicted octanol–water partition coefficient (Wildman–Crippen LogP) is 4.11. The van der Waals surface area contributed by atoms with Crippen LogP contribution in [0.1, 0.15) is 50.3 Å². The lowest BCUT2D eigenvalue weighted by atomic mass is 9.98. The van der Waals surface area contributed by atoms with Crippen LogP contribution in [0.2, 0.25) is 0 Å². The predicted molar refractivity (Wildman–Crippen MR) is 67.0 cm³/mol. The molecular formula is C14H21F2N. The Kier molecular flexibility index (Phi) is 5.56. The summed E-state index contributed by atoms with van der Waals surface area (Å²) in [5, 5.41) is 3.22. The van der Waals surface area contributed by atoms with Gasteiger partial charge in [0.15, 0.2) is 0 Å². The third-order valence-electron chi connectivity index (χ3n) is 2.89. The molecule has 0 aromatic heterocycles. The van der Waals surface area contributed by atoms with Gasteiger partial charge < -0.3 is 5.32 Å². The number of hydrogen-bond donors (Lipinski definition) is 1. The first kappa shape index (κ1) is 14.1. The van der Waals surface area contributed by atoms with Crippen molar-refractivity contribution in [2.75, 3.05) is 6.54 Å². The van der Waals surface area contributed by atoms with Gasteiger partial charge in [-0.15, -0.1) is 0 Å². The van der Waals surface area contributed by atoms with E-state index in [0.29, 0.717) is 5.56 Å². The molecule has 1 atom stereocenters. The molecular weight excluding hydrogens is 220 g/mol. The highest BCUT2D eigenvalue weighted by Crippen LogP contribution is 2.26. The minimum absolute atomic E-state index is 0.195. The van der Waals surface area contributed by atoms with Crippen LogP contribution in [0, 0.1) is 18.6 Å². The Hall–Kier alpha value is -0.960. The van der Waals surface area contributed by atoms with Crippen LogP contribution < -0.4 is 5.32 Å². The van der Waals surface area contributed by atoms with Crippen molar-refractivity contribution in [3.63, 3.8) is 0 Å². The highest BCUT2D eigenvalue weighted by molar-refractivity contribution is 5.29. The number of aryl methyl sites for hydroxylation is 1. The Balaban J connectivity index is 3.03. The third-order valence-corrected chi connectivity index (χ3v) is 2.89. The van der Waals surface area contributed by atoms with Gasteiger partial charge in [-0.3, -0.25) is 0 Å². The van der Waals surface area contributed by atoms with E-state index in [1.54, 1.807) is 6.92 Å². The summed E-state index contributed by atoms with van der Waals surface area (Å²) in [4.78, 5) is 0. The van der Waals surface area contributed by atoms with Crippen molar-refractivity contribution >= 4 is 0 Å². The van der Waals surface area contributed by atoms with E-state index in [1.165, 1.54) is 12.1 Å². The molecule has 0 aliphatic heterocycles. The SMILES string of the molecule is CCCNC(CCC)c1c(F)ccc(C)c1F. The minimum Gasteiger partial charge on any atom is -0.310 e. The molecule has 0 radical (unpaired) electrons. The fraction of sp³-hybridized carbons (Fsp3) is 0.571. The van der Waals surface area contributed by atoms with Crippen molar-refractivity contribution in [1.82, 2.24) is 5.32 Å². The lowest BCUT2D eigenvalue weighted by Gasteiger charge is -2.20. The third kappa shape index (κ3) is 3.50. The van der Waals surface area contributed by atoms with Gasteiger partial charge in [-0.2, -0.15) is 0 Å². The molecule has 0 aliphatic carbocycles. The topological polar surface area (TPSA) is 12.0 Å². The fourth-order valence-corrected chi connectivity index (χ4v) is 1.95. The molecule has 1 rings (SSSR count). The van der Waals surface area contributed by atoms with Crippen molar-refractivity contribution in [2.24, 2.45) is 0 Å². The molecule has 0 amide bonds. The second-order valence-corrected chi connectivity index (χ2v) is 4.39. The quantitative estimate of drug-likeness (QED) is 0.790. The van der Waals surface area contributed by atoms with Crippen LogP contribution in [0.15, 0.2) is 12.1 Å². The van der Waals surface area contributed by atoms with E-state index in [1.807, 2.05) is 13.8 Å². The monoisotopic (exact) mass is 241 g/mol. The van der Waals surface area contributed by atoms with Crippen molar-refractivity contribution in [3.05, 3.63) is 34.9 Å². The van der Waals surface area contributed by atoms with Gasteiger partial charge in [0.1, 0.15) is 11.6 Å². The first-order valence-electron chi connectivity index (χ1n) is 6.29. The number of rotatable bonds is 6. The lowest BCUT2D eigenvalue weighted by Crippen LogP contribution is -2.24. The van der Waals surface area contributed by atoms with Crippen LogP contribution in [0.4, 0.5) is 8.78 Å². The molecule has 0 saturated carbocycles. The van der Waals surface area contributed by atoms with Gasteiger partial charge in [0.25, 0.3) is 0 Å². The van der Waals surface area contributed by atoms with E-state index in [9.17, 15) is 8.78 Å². The summed E-state index contributed by atoms with van der Waals surface area (Å²) in [5.41, 5.74) is 0.695. The van der Waals surface area contributed by atoms with Gasteiger partial charge >= 0.3 is 0 Å². The zero-order valence-electron chi connectivity index (χ0n) is 10.8. The van der Waals surface area contributed by atoms with E-state index in [0.717, 1.165) is 25.8 Å². The van der Waals surface area contributed by atoms with E-state index in [4.69, 9.17) is 0 Å². The molecule has 1 aromatic carbocycles. The average molecular weight is 241 g/mol. The Morgan fingerprint density at radius 1 is 1.18 bits per heavy atom. The number of nitrogens with one attached hydrogen (secondary N) is 1. The molecule has 0 bridgehead atoms. The molecule has 17 heavy (non-hydrogen) atoms. The van der Waals surface area contributed by atoms with E-state index >= 15 is 0 Å². The van der Waals surface area contributed by atoms with Gasteiger partial charge in [0, 0.05) is 11.6 Å². The van der Waals surface area contributed by atoms with E-state index in [2.05, 4.69) is 5.32 Å². The summed E-state index contributed by atoms with van der Waals surface area (Å²) in [6.07, 6.45) is 2.60. The molecule has 0 fully saturated rings. The van der Waals surface area contributed by atoms with Crippen LogP contribution >= 0.6 is 0 Å². The van der Waals surface area contributed by atoms with Crippen molar-refractivity contribution < 1.29 is 8.78 Å². The van der Waals surface area contributed by atoms with Gasteiger partial charge in [0.05, 0.1) is 0 Å². The molecule has 1 N–H and O–H groups in total. The summed E-state index contributed by atoms with van der Waals surface area (Å²) in [6, 6.07) is 2.61. The van der Waals surface area contributed by atoms with Gasteiger partial charge in [-0.25, -0.2) is 8.78 Å². The van der Waals surface area contributed by atoms with E-state index in [-0.39, 0.29) is 11.6 Å². The van der Waals surface area contributed by atoms with Crippen LogP contribution in [0.25, 0.3) is 0 Å². The van der Waals surface area contributed by atoms with Crippen molar-refractivity contribution in [2.45, 2.75) is 46.1 Å². The molecule has 0 aliphatic rings. The maximum Gasteiger partial charge on any atom is 0.133 e. The van der Waals surface area contributed by atoms with Crippen molar-refractivity contribution in [1.29, 1.82) is 0 Å². The molecule has 0 spiro atoms. The summed E-state index contributed by atoms with van der Waals surface area (Å²) >= 11 is 0. The summed E-state index contributed by atoms with van der Waals surface area (Å²) in [5.74, 6) is -0.859. The van der Waals surface area contributed by atoms with Gasteiger partial charge in [0.2, 0.25) is 0 Å². The van der Waals surface area contributed by atoms with Crippen LogP contribution in [0.3, 0.4) is 0 Å². The molecule has 0 saturated heterocycles. The Morgan fingerprint density at radius 2 is 1.88 bits per heavy atom. The second kappa shape index (κ2) is 6.70. The van der Waals surface area contributed by atoms with Crippen LogP contribution in [-0.4, -0.2) is 6.54 Å². The first-order chi connectivity index (χ1) is 8.11. The largest absolute Gasteiger partial charge is 0.310 e. The second-order valence-electron chi connectivity index (χ2n) is 4.39. The molecule has 1 nitrogen and oxygen atoms in total. The fourth-order valence-electron chi connectivity index (χ4n) is 1.95.